The van der Waals surface area contributed by atoms with Crippen LogP contribution < -0.4 is 5.32 Å². The number of rotatable bonds is 5. The van der Waals surface area contributed by atoms with E-state index in [1.807, 2.05) is 40.8 Å². The summed E-state index contributed by atoms with van der Waals surface area (Å²) < 4.78 is 22.3. The zero-order chi connectivity index (χ0) is 19.4. The standard InChI is InChI=1S/C19H14ClIN2O3S/c20-16-7-5-13(10-15(16)18-3-1-2-8-22-18)23-19(24)14-6-4-12(9-17(14)21)11-27(25)26/h1-10H,11H2,(H,23,24)(H,25,26)/p-1. The van der Waals surface area contributed by atoms with Crippen LogP contribution in [-0.4, -0.2) is 19.7 Å². The fourth-order valence-electron chi connectivity index (χ4n) is 2.49. The number of hydrogen-bond acceptors (Lipinski definition) is 4. The number of nitrogens with zero attached hydrogens (tertiary/aromatic N) is 1. The SMILES string of the molecule is O=C(Nc1ccc(Cl)c(-c2ccccn2)c1)c1ccc(CS(=O)[O-])cc1I. The topological polar surface area (TPSA) is 82.1 Å². The normalized spacial score (nSPS) is 11.8. The van der Waals surface area contributed by atoms with Crippen LogP contribution in [0.2, 0.25) is 5.02 Å². The Morgan fingerprint density at radius 2 is 2.00 bits per heavy atom. The molecular weight excluding hydrogens is 499 g/mol. The number of hydrogen-bond donors (Lipinski definition) is 1. The fourth-order valence-corrected chi connectivity index (χ4v) is 3.98. The Morgan fingerprint density at radius 1 is 1.19 bits per heavy atom. The Balaban J connectivity index is 1.83. The third kappa shape index (κ3) is 5.13. The lowest BCUT2D eigenvalue weighted by atomic mass is 10.1. The molecule has 0 spiro atoms. The minimum Gasteiger partial charge on any atom is -0.772 e. The van der Waals surface area contributed by atoms with Crippen LogP contribution in [0.4, 0.5) is 5.69 Å². The molecule has 1 N–H and O–H groups in total. The van der Waals surface area contributed by atoms with Crippen LogP contribution in [-0.2, 0) is 16.8 Å². The van der Waals surface area contributed by atoms with E-state index >= 15 is 0 Å². The summed E-state index contributed by atoms with van der Waals surface area (Å²) in [5.74, 6) is -0.369. The third-order valence-electron chi connectivity index (χ3n) is 3.73. The summed E-state index contributed by atoms with van der Waals surface area (Å²) in [4.78, 5) is 16.9. The van der Waals surface area contributed by atoms with Gasteiger partial charge in [0.2, 0.25) is 0 Å². The van der Waals surface area contributed by atoms with Gasteiger partial charge in [-0.05, 0) is 70.6 Å². The van der Waals surface area contributed by atoms with Crippen molar-refractivity contribution in [2.75, 3.05) is 5.32 Å². The summed E-state index contributed by atoms with van der Waals surface area (Å²) in [5, 5.41) is 3.38. The molecule has 1 unspecified atom stereocenters. The summed E-state index contributed by atoms with van der Waals surface area (Å²) in [6.45, 7) is 0. The van der Waals surface area contributed by atoms with Gasteiger partial charge in [-0.15, -0.1) is 0 Å². The molecule has 1 aromatic heterocycles. The minimum absolute atomic E-state index is 0.0808. The van der Waals surface area contributed by atoms with Gasteiger partial charge in [0, 0.05) is 26.8 Å². The molecule has 0 bridgehead atoms. The minimum atomic E-state index is -2.17. The van der Waals surface area contributed by atoms with E-state index in [1.165, 1.54) is 0 Å². The van der Waals surface area contributed by atoms with Crippen molar-refractivity contribution in [1.82, 2.24) is 4.98 Å². The van der Waals surface area contributed by atoms with Crippen LogP contribution in [0, 0.1) is 3.57 Å². The molecule has 138 valence electrons. The lowest BCUT2D eigenvalue weighted by Gasteiger charge is -2.11. The summed E-state index contributed by atoms with van der Waals surface area (Å²) >= 11 is 6.11. The first-order chi connectivity index (χ1) is 12.9. The molecule has 27 heavy (non-hydrogen) atoms. The maximum absolute atomic E-state index is 12.6. The molecule has 0 aliphatic rings. The average Bonchev–Trinajstić information content (AvgIpc) is 2.63. The molecule has 5 nitrogen and oxygen atoms in total. The van der Waals surface area contributed by atoms with Crippen molar-refractivity contribution in [2.24, 2.45) is 0 Å². The number of aromatic nitrogens is 1. The first kappa shape index (κ1) is 19.9. The zero-order valence-corrected chi connectivity index (χ0v) is 17.5. The van der Waals surface area contributed by atoms with Crippen molar-refractivity contribution in [3.63, 3.8) is 0 Å². The first-order valence-corrected chi connectivity index (χ1v) is 10.5. The lowest BCUT2D eigenvalue weighted by Crippen LogP contribution is -2.14. The molecule has 0 saturated carbocycles. The highest BCUT2D eigenvalue weighted by molar-refractivity contribution is 14.1. The number of benzene rings is 2. The maximum Gasteiger partial charge on any atom is 0.256 e. The van der Waals surface area contributed by atoms with Gasteiger partial charge >= 0.3 is 0 Å². The van der Waals surface area contributed by atoms with E-state index in [2.05, 4.69) is 10.3 Å². The van der Waals surface area contributed by atoms with Gasteiger partial charge in [-0.25, -0.2) is 0 Å². The second kappa shape index (κ2) is 8.92. The molecule has 0 saturated heterocycles. The number of amides is 1. The monoisotopic (exact) mass is 511 g/mol. The molecular formula is C19H13ClIN2O3S-. The Kier molecular flexibility index (Phi) is 6.59. The number of halogens is 2. The highest BCUT2D eigenvalue weighted by atomic mass is 127. The van der Waals surface area contributed by atoms with Crippen molar-refractivity contribution < 1.29 is 13.6 Å². The molecule has 0 aliphatic heterocycles. The molecule has 0 aliphatic carbocycles. The zero-order valence-electron chi connectivity index (χ0n) is 13.8. The Bertz CT molecular complexity index is 1020. The van der Waals surface area contributed by atoms with Crippen LogP contribution in [0.1, 0.15) is 15.9 Å². The van der Waals surface area contributed by atoms with Gasteiger partial charge in [0.15, 0.2) is 0 Å². The van der Waals surface area contributed by atoms with Gasteiger partial charge in [-0.1, -0.05) is 34.8 Å². The van der Waals surface area contributed by atoms with E-state index < -0.39 is 11.1 Å². The van der Waals surface area contributed by atoms with Crippen molar-refractivity contribution in [3.8, 4) is 11.3 Å². The quantitative estimate of drug-likeness (QED) is 0.400. The third-order valence-corrected chi connectivity index (χ3v) is 5.52. The van der Waals surface area contributed by atoms with Crippen LogP contribution in [0.15, 0.2) is 60.8 Å². The molecule has 3 rings (SSSR count). The Hall–Kier alpha value is -1.81. The summed E-state index contributed by atoms with van der Waals surface area (Å²) in [5.41, 5.74) is 3.12. The van der Waals surface area contributed by atoms with E-state index in [0.717, 1.165) is 5.56 Å². The Labute approximate surface area is 177 Å². The average molecular weight is 512 g/mol. The first-order valence-electron chi connectivity index (χ1n) is 7.80. The smallest absolute Gasteiger partial charge is 0.256 e. The van der Waals surface area contributed by atoms with E-state index in [-0.39, 0.29) is 11.7 Å². The Morgan fingerprint density at radius 3 is 2.67 bits per heavy atom. The molecule has 2 aromatic carbocycles. The van der Waals surface area contributed by atoms with Gasteiger partial charge in [-0.3, -0.25) is 14.0 Å². The highest BCUT2D eigenvalue weighted by Gasteiger charge is 2.13. The second-order valence-electron chi connectivity index (χ2n) is 5.63. The van der Waals surface area contributed by atoms with Gasteiger partial charge in [-0.2, -0.15) is 0 Å². The molecule has 8 heteroatoms. The lowest BCUT2D eigenvalue weighted by molar-refractivity contribution is 0.102. The largest absolute Gasteiger partial charge is 0.772 e. The summed E-state index contributed by atoms with van der Waals surface area (Å²) in [6, 6.07) is 15.7. The van der Waals surface area contributed by atoms with Crippen molar-refractivity contribution in [3.05, 3.63) is 80.5 Å². The predicted octanol–water partition coefficient (Wildman–Crippen LogP) is 4.64. The van der Waals surface area contributed by atoms with Gasteiger partial charge in [0.1, 0.15) is 0 Å². The van der Waals surface area contributed by atoms with E-state index in [4.69, 9.17) is 11.6 Å². The van der Waals surface area contributed by atoms with E-state index in [9.17, 15) is 13.6 Å². The van der Waals surface area contributed by atoms with Crippen molar-refractivity contribution in [1.29, 1.82) is 0 Å². The molecule has 1 heterocycles. The van der Waals surface area contributed by atoms with Crippen molar-refractivity contribution >= 4 is 56.9 Å². The fraction of sp³-hybridized carbons (Fsp3) is 0.0526. The summed E-state index contributed by atoms with van der Waals surface area (Å²) in [6.07, 6.45) is 1.68. The molecule has 1 amide bonds. The van der Waals surface area contributed by atoms with Crippen LogP contribution >= 0.6 is 34.2 Å². The number of pyridine rings is 1. The van der Waals surface area contributed by atoms with Crippen LogP contribution in [0.25, 0.3) is 11.3 Å². The number of anilines is 1. The summed E-state index contributed by atoms with van der Waals surface area (Å²) in [7, 11) is 0. The van der Waals surface area contributed by atoms with E-state index in [0.29, 0.717) is 31.1 Å². The van der Waals surface area contributed by atoms with Crippen LogP contribution in [0.3, 0.4) is 0 Å². The van der Waals surface area contributed by atoms with Gasteiger partial charge < -0.3 is 9.87 Å². The highest BCUT2D eigenvalue weighted by Crippen LogP contribution is 2.29. The number of carbonyl (C=O) groups is 1. The van der Waals surface area contributed by atoms with Crippen molar-refractivity contribution in [2.45, 2.75) is 5.75 Å². The second-order valence-corrected chi connectivity index (χ2v) is 8.09. The van der Waals surface area contributed by atoms with Gasteiger partial charge in [0.25, 0.3) is 5.91 Å². The molecule has 0 radical (unpaired) electrons. The number of nitrogens with one attached hydrogen (secondary N) is 1. The van der Waals surface area contributed by atoms with E-state index in [1.54, 1.807) is 42.6 Å². The molecule has 0 fully saturated rings. The molecule has 1 atom stereocenters. The number of carbonyl (C=O) groups excluding carboxylic acids is 1. The van der Waals surface area contributed by atoms with Gasteiger partial charge in [0.05, 0.1) is 16.3 Å². The predicted molar refractivity (Wildman–Crippen MR) is 114 cm³/mol. The maximum atomic E-state index is 12.6. The van der Waals surface area contributed by atoms with Crippen LogP contribution in [0.5, 0.6) is 0 Å². The molecule has 3 aromatic rings.